The number of hydrogen-bond acceptors (Lipinski definition) is 24. The predicted octanol–water partition coefficient (Wildman–Crippen LogP) is 10.4. The Hall–Kier alpha value is -7.10. The molecule has 6 amide bonds. The number of carbonyl (C=O) groups is 8. The summed E-state index contributed by atoms with van der Waals surface area (Å²) in [6, 6.07) is 10.9. The van der Waals surface area contributed by atoms with Gasteiger partial charge in [0, 0.05) is 91.9 Å². The number of anilines is 2. The summed E-state index contributed by atoms with van der Waals surface area (Å²) in [6.07, 6.45) is 5.63. The average Bonchev–Trinajstić information content (AvgIpc) is 1.58. The van der Waals surface area contributed by atoms with E-state index in [1.165, 1.54) is 83.7 Å². The Morgan fingerprint density at radius 3 is 1.49 bits per heavy atom. The van der Waals surface area contributed by atoms with Crippen molar-refractivity contribution in [3.63, 3.8) is 0 Å². The Labute approximate surface area is 660 Å². The standard InChI is InChI=1S/C41H53ClN4O10S2.C36H50ClN3O10S/c1-24-13-9-10-14-31(53-8)41(51)23-30(54-39(50)44-41)25(2)37-40(4,56-37)32(22-35(48)46(6)28-20-27(19-24)21-29(52-7)36(28)42)55-38(49)26(3)45(5)34(47)16-18-57-58-33-15-11-12-17-43-33;1-20-11-9-10-12-27(47-8)36(45)19-26(48-34(44)38-36)21(2)32-35(4,50-32)28(49-33(43)22(3)39(5)29(41)13-14-51)18-30(42)40(6)24-16-23(15-20)17-25(46-7)31(24)37/h9-13,15,17,20-21,25-26,30-32,37,51H,14,16,18-19,22-23H2,1-8H3,(H,44,50);9-11,16-17,21-22,26-28,32,45,51H,12-15,18-19H2,1-8H3,(H,38,44)/b10-9+,24-13+;10-9+,20-11+/t25-,26+,30+,31-,32+,37+,40+,41+;21-,22+,26+,27-,28+,32+,35+,36+/m11/s1. The third-order valence-electron chi connectivity index (χ3n) is 21.1. The Kier molecular flexibility index (Phi) is 30.5. The van der Waals surface area contributed by atoms with Gasteiger partial charge in [0.1, 0.15) is 86.5 Å². The van der Waals surface area contributed by atoms with E-state index in [1.54, 1.807) is 61.0 Å². The predicted molar refractivity (Wildman–Crippen MR) is 417 cm³/mol. The number of methoxy groups -OCH3 is 4. The highest BCUT2D eigenvalue weighted by molar-refractivity contribution is 8.76. The van der Waals surface area contributed by atoms with Crippen LogP contribution in [0.25, 0.3) is 0 Å². The van der Waals surface area contributed by atoms with Crippen LogP contribution in [-0.4, -0.2) is 224 Å². The molecule has 0 saturated carbocycles. The maximum absolute atomic E-state index is 14.2. The summed E-state index contributed by atoms with van der Waals surface area (Å²) in [6.45, 7) is 14.1. The zero-order chi connectivity index (χ0) is 80.2. The molecule has 109 heavy (non-hydrogen) atoms. The molecule has 3 aromatic rings. The number of fused-ring (bicyclic) bond motifs is 10. The number of aromatic nitrogens is 1. The summed E-state index contributed by atoms with van der Waals surface area (Å²) in [5.41, 5.74) is -1.54. The summed E-state index contributed by atoms with van der Waals surface area (Å²) in [5.74, 6) is -2.35. The quantitative estimate of drug-likeness (QED) is 0.0209. The van der Waals surface area contributed by atoms with Gasteiger partial charge in [-0.2, -0.15) is 12.6 Å². The smallest absolute Gasteiger partial charge is 0.409 e. The summed E-state index contributed by atoms with van der Waals surface area (Å²) in [7, 11) is 15.1. The fraction of sp³-hybridized carbons (Fsp3) is 0.571. The summed E-state index contributed by atoms with van der Waals surface area (Å²) in [5, 5.41) is 29.9. The van der Waals surface area contributed by atoms with Crippen LogP contribution >= 0.6 is 57.4 Å². The van der Waals surface area contributed by atoms with Crippen molar-refractivity contribution in [1.29, 1.82) is 0 Å². The molecule has 6 aliphatic heterocycles. The van der Waals surface area contributed by atoms with Gasteiger partial charge in [-0.25, -0.2) is 24.2 Å². The molecule has 6 aliphatic rings. The number of hydrogen-bond donors (Lipinski definition) is 5. The second-order valence-electron chi connectivity index (χ2n) is 28.8. The number of nitrogens with zero attached hydrogens (tertiary/aromatic N) is 5. The lowest BCUT2D eigenvalue weighted by Crippen LogP contribution is -2.64. The van der Waals surface area contributed by atoms with E-state index in [9.17, 15) is 48.6 Å². The van der Waals surface area contributed by atoms with Gasteiger partial charge in [-0.15, -0.1) is 0 Å². The van der Waals surface area contributed by atoms with Crippen LogP contribution in [0.2, 0.25) is 10.0 Å². The second-order valence-corrected chi connectivity index (χ2v) is 32.4. The Bertz CT molecular complexity index is 3930. The van der Waals surface area contributed by atoms with Crippen LogP contribution in [0.15, 0.2) is 101 Å². The fourth-order valence-corrected chi connectivity index (χ4v) is 16.6. The minimum Gasteiger partial charge on any atom is -0.495 e. The molecule has 27 nitrogen and oxygen atoms in total. The molecule has 598 valence electrons. The highest BCUT2D eigenvalue weighted by Crippen LogP contribution is 2.52. The van der Waals surface area contributed by atoms with Crippen molar-refractivity contribution in [2.75, 3.05) is 77.9 Å². The van der Waals surface area contributed by atoms with Crippen molar-refractivity contribution < 1.29 is 95.9 Å². The molecule has 16 atom stereocenters. The average molecular weight is 1610 g/mol. The monoisotopic (exact) mass is 1610 g/mol. The first-order valence-electron chi connectivity index (χ1n) is 36.0. The van der Waals surface area contributed by atoms with Crippen LogP contribution in [0.4, 0.5) is 21.0 Å². The third-order valence-corrected chi connectivity index (χ3v) is 24.4. The number of ether oxygens (including phenoxy) is 10. The number of epoxide rings is 2. The van der Waals surface area contributed by atoms with Crippen LogP contribution in [0.5, 0.6) is 11.5 Å². The molecule has 1 aromatic heterocycles. The number of esters is 2. The van der Waals surface area contributed by atoms with Crippen molar-refractivity contribution in [2.45, 2.75) is 208 Å². The van der Waals surface area contributed by atoms with E-state index in [-0.39, 0.29) is 73.2 Å². The molecule has 4 fully saturated rings. The third kappa shape index (κ3) is 21.4. The normalized spacial score (nSPS) is 30.8. The van der Waals surface area contributed by atoms with Gasteiger partial charge in [-0.3, -0.25) is 29.8 Å². The lowest BCUT2D eigenvalue weighted by molar-refractivity contribution is -0.162. The maximum Gasteiger partial charge on any atom is 0.409 e. The molecule has 4 saturated heterocycles. The number of rotatable bonds is 17. The molecule has 9 rings (SSSR count). The summed E-state index contributed by atoms with van der Waals surface area (Å²) < 4.78 is 58.6. The number of halogens is 2. The molecule has 2 aromatic carbocycles. The first-order chi connectivity index (χ1) is 51.5. The molecule has 7 heterocycles. The number of thiol groups is 1. The molecule has 0 unspecified atom stereocenters. The minimum absolute atomic E-state index is 0.0206. The van der Waals surface area contributed by atoms with E-state index in [0.717, 1.165) is 27.3 Å². The molecule has 4 N–H and O–H groups in total. The van der Waals surface area contributed by atoms with Crippen molar-refractivity contribution in [1.82, 2.24) is 25.4 Å². The first-order valence-corrected chi connectivity index (χ1v) is 39.7. The van der Waals surface area contributed by atoms with E-state index in [1.807, 2.05) is 93.6 Å². The lowest BCUT2D eigenvalue weighted by atomic mass is 9.83. The number of carbonyl (C=O) groups excluding carboxylic acids is 8. The van der Waals surface area contributed by atoms with E-state index < -0.39 is 131 Å². The first kappa shape index (κ1) is 87.5. The largest absolute Gasteiger partial charge is 0.495 e. The molecular formula is C77H103Cl2N7O20S3. The maximum atomic E-state index is 14.2. The number of alkyl carbamates (subject to hydrolysis) is 2. The second kappa shape index (κ2) is 37.9. The topological polar surface area (TPSA) is 326 Å². The summed E-state index contributed by atoms with van der Waals surface area (Å²) >= 11 is 17.7. The van der Waals surface area contributed by atoms with E-state index in [0.29, 0.717) is 47.2 Å². The zero-order valence-corrected chi connectivity index (χ0v) is 68.5. The lowest BCUT2D eigenvalue weighted by Gasteiger charge is -2.42. The van der Waals surface area contributed by atoms with Crippen LogP contribution < -0.4 is 29.9 Å². The van der Waals surface area contributed by atoms with Gasteiger partial charge in [-0.1, -0.05) is 102 Å². The Balaban J connectivity index is 0.000000277. The Morgan fingerprint density at radius 1 is 0.679 bits per heavy atom. The van der Waals surface area contributed by atoms with Crippen LogP contribution in [0.3, 0.4) is 0 Å². The van der Waals surface area contributed by atoms with Crippen molar-refractivity contribution in [3.8, 4) is 11.5 Å². The Morgan fingerprint density at radius 2 is 1.10 bits per heavy atom. The van der Waals surface area contributed by atoms with E-state index in [2.05, 4.69) is 28.2 Å². The van der Waals surface area contributed by atoms with E-state index in [4.69, 9.17) is 70.6 Å². The van der Waals surface area contributed by atoms with Gasteiger partial charge in [0.15, 0.2) is 11.4 Å². The number of amides is 6. The van der Waals surface area contributed by atoms with E-state index >= 15 is 0 Å². The van der Waals surface area contributed by atoms with Crippen molar-refractivity contribution >= 4 is 117 Å². The minimum atomic E-state index is -1.78. The van der Waals surface area contributed by atoms with Crippen LogP contribution in [0, 0.1) is 11.8 Å². The molecule has 0 radical (unpaired) electrons. The van der Waals surface area contributed by atoms with Gasteiger partial charge in [0.2, 0.25) is 23.6 Å². The number of nitrogens with one attached hydrogen (secondary N) is 2. The number of likely N-dealkylation sites (N-methyl/N-ethyl adjacent to an activating group) is 2. The fourth-order valence-electron chi connectivity index (χ4n) is 13.9. The van der Waals surface area contributed by atoms with Crippen LogP contribution in [0.1, 0.15) is 118 Å². The van der Waals surface area contributed by atoms with Gasteiger partial charge < -0.3 is 77.2 Å². The van der Waals surface area contributed by atoms with Crippen molar-refractivity contribution in [3.05, 3.63) is 117 Å². The van der Waals surface area contributed by atoms with Crippen LogP contribution in [-0.2, 0) is 79.5 Å². The molecule has 32 heteroatoms. The van der Waals surface area contributed by atoms with Gasteiger partial charge in [0.05, 0.1) is 50.6 Å². The highest BCUT2D eigenvalue weighted by Gasteiger charge is 2.66. The SMILES string of the molecule is COc1cc2cc(c1Cl)N(C)C(=O)C[C@H](OC(=O)[C@H](C)N(C)C(=O)CCS)[C@]1(C)O[C@H]1[C@H](C)[C@@H]1C[C@@](O)(NC(=O)O1)[C@H](OC)C/C=C/C=C(\C)C2.COc1cc2cc(c1Cl)N(C)C(=O)C[C@H](OC(=O)[C@H](C)N(C)C(=O)CCSSc1ccccn1)[C@]1(C)O[C@H]1[C@H](C)[C@@H]1C[C@@](O)(NC(=O)O1)[C@H](OC)C/C=C/C=C(\C)C2. The molecule has 8 bridgehead atoms. The zero-order valence-electron chi connectivity index (χ0n) is 64.5. The van der Waals surface area contributed by atoms with Gasteiger partial charge in [0.25, 0.3) is 0 Å². The number of allylic oxidation sites excluding steroid dienone is 6. The number of benzene rings is 2. The number of pyridine rings is 1. The van der Waals surface area contributed by atoms with Gasteiger partial charge in [-0.05, 0) is 131 Å². The van der Waals surface area contributed by atoms with Crippen molar-refractivity contribution in [2.24, 2.45) is 11.8 Å². The summed E-state index contributed by atoms with van der Waals surface area (Å²) in [4.78, 5) is 117. The number of aliphatic hydroxyl groups is 2. The molecular weight excluding hydrogens is 1510 g/mol. The highest BCUT2D eigenvalue weighted by atomic mass is 35.5. The molecule has 0 aliphatic carbocycles. The van der Waals surface area contributed by atoms with Gasteiger partial charge >= 0.3 is 24.1 Å². The molecule has 0 spiro atoms.